The number of hydrogen-bond acceptors (Lipinski definition) is 3. The second-order valence-corrected chi connectivity index (χ2v) is 2.23. The molecule has 0 spiro atoms. The lowest BCUT2D eigenvalue weighted by molar-refractivity contribution is 0.476. The maximum absolute atomic E-state index is 9.44. The third kappa shape index (κ3) is 40.4. The van der Waals surface area contributed by atoms with Gasteiger partial charge < -0.3 is 5.11 Å². The molecule has 5 heteroatoms. The lowest BCUT2D eigenvalue weighted by Crippen LogP contribution is -1.86. The summed E-state index contributed by atoms with van der Waals surface area (Å²) in [6.45, 7) is 5.71. The van der Waals surface area contributed by atoms with Gasteiger partial charge in [0.05, 0.1) is 11.7 Å². The molecular formula is C4H8O4S. The molecule has 0 radical (unpaired) electrons. The van der Waals surface area contributed by atoms with E-state index in [1.807, 2.05) is 0 Å². The molecule has 0 amide bonds. The largest absolute Gasteiger partial charge is 0.516 e. The fourth-order valence-electron chi connectivity index (χ4n) is 0. The Morgan fingerprint density at radius 1 is 1.33 bits per heavy atom. The monoisotopic (exact) mass is 152 g/mol. The third-order valence-electron chi connectivity index (χ3n) is 0.211. The third-order valence-corrected chi connectivity index (χ3v) is 0.632. The van der Waals surface area contributed by atoms with E-state index in [1.54, 1.807) is 0 Å². The molecular weight excluding hydrogens is 144 g/mol. The molecule has 0 aliphatic rings. The van der Waals surface area contributed by atoms with Gasteiger partial charge in [-0.2, -0.15) is 8.42 Å². The molecule has 0 aromatic carbocycles. The van der Waals surface area contributed by atoms with Crippen molar-refractivity contribution in [3.8, 4) is 0 Å². The normalized spacial score (nSPS) is 8.56. The van der Waals surface area contributed by atoms with Gasteiger partial charge >= 0.3 is 0 Å². The van der Waals surface area contributed by atoms with Crippen LogP contribution in [0, 0.1) is 0 Å². The minimum atomic E-state index is -3.90. The van der Waals surface area contributed by atoms with Crippen LogP contribution in [0.15, 0.2) is 24.8 Å². The maximum Gasteiger partial charge on any atom is 0.287 e. The molecule has 0 heterocycles. The van der Waals surface area contributed by atoms with Gasteiger partial charge in [-0.1, -0.05) is 13.2 Å². The second kappa shape index (κ2) is 5.33. The zero-order valence-corrected chi connectivity index (χ0v) is 5.50. The Morgan fingerprint density at radius 2 is 1.44 bits per heavy atom. The summed E-state index contributed by atoms with van der Waals surface area (Å²) in [6, 6.07) is 0. The first-order valence-electron chi connectivity index (χ1n) is 1.83. The molecule has 54 valence electrons. The lowest BCUT2D eigenvalue weighted by Gasteiger charge is -1.73. The minimum absolute atomic E-state index is 0.465. The van der Waals surface area contributed by atoms with Crippen LogP contribution in [0.2, 0.25) is 0 Å². The van der Waals surface area contributed by atoms with Crippen molar-refractivity contribution in [3.63, 3.8) is 0 Å². The van der Waals surface area contributed by atoms with E-state index in [9.17, 15) is 8.42 Å². The van der Waals surface area contributed by atoms with Gasteiger partial charge in [-0.05, 0) is 0 Å². The smallest absolute Gasteiger partial charge is 0.287 e. The molecule has 4 nitrogen and oxygen atoms in total. The van der Waals surface area contributed by atoms with Gasteiger partial charge in [0.15, 0.2) is 0 Å². The Labute approximate surface area is 53.9 Å². The zero-order valence-electron chi connectivity index (χ0n) is 4.69. The van der Waals surface area contributed by atoms with E-state index in [-0.39, 0.29) is 0 Å². The zero-order chi connectivity index (χ0) is 7.91. The molecule has 0 saturated heterocycles. The van der Waals surface area contributed by atoms with Crippen LogP contribution in [-0.4, -0.2) is 18.1 Å². The summed E-state index contributed by atoms with van der Waals surface area (Å²) < 4.78 is 26.6. The predicted molar refractivity (Wildman–Crippen MR) is 34.6 cm³/mol. The highest BCUT2D eigenvalue weighted by molar-refractivity contribution is 7.88. The van der Waals surface area contributed by atoms with Crippen molar-refractivity contribution < 1.29 is 18.1 Å². The molecule has 0 unspecified atom stereocenters. The average Bonchev–Trinajstić information content (AvgIpc) is 1.67. The van der Waals surface area contributed by atoms with E-state index in [4.69, 9.17) is 9.66 Å². The Morgan fingerprint density at radius 3 is 1.44 bits per heavy atom. The van der Waals surface area contributed by atoms with Crippen molar-refractivity contribution in [1.29, 1.82) is 0 Å². The Hall–Kier alpha value is -0.810. The number of aliphatic hydroxyl groups excluding tert-OH is 1. The van der Waals surface area contributed by atoms with Crippen LogP contribution in [0.5, 0.6) is 0 Å². The first-order chi connectivity index (χ1) is 3.97. The first kappa shape index (κ1) is 11.0. The van der Waals surface area contributed by atoms with Gasteiger partial charge in [-0.3, -0.25) is 4.55 Å². The SMILES string of the molecule is C=CO.C=CS(=O)(=O)O. The predicted octanol–water partition coefficient (Wildman–Crippen LogP) is 0.706. The molecule has 0 aliphatic heterocycles. The average molecular weight is 152 g/mol. The fraction of sp³-hybridized carbons (Fsp3) is 0. The molecule has 0 fully saturated rings. The molecule has 0 atom stereocenters. The van der Waals surface area contributed by atoms with Crippen LogP contribution in [0.25, 0.3) is 0 Å². The Bertz CT molecular complexity index is 155. The summed E-state index contributed by atoms with van der Waals surface area (Å²) in [5.41, 5.74) is 0. The van der Waals surface area contributed by atoms with E-state index in [1.165, 1.54) is 0 Å². The van der Waals surface area contributed by atoms with Gasteiger partial charge in [0, 0.05) is 0 Å². The lowest BCUT2D eigenvalue weighted by atomic mass is 11.2. The van der Waals surface area contributed by atoms with Crippen molar-refractivity contribution in [2.45, 2.75) is 0 Å². The van der Waals surface area contributed by atoms with Gasteiger partial charge in [-0.25, -0.2) is 0 Å². The Balaban J connectivity index is 0. The van der Waals surface area contributed by atoms with Crippen LogP contribution in [-0.2, 0) is 10.1 Å². The van der Waals surface area contributed by atoms with Gasteiger partial charge in [0.25, 0.3) is 10.1 Å². The van der Waals surface area contributed by atoms with E-state index < -0.39 is 10.1 Å². The molecule has 2 N–H and O–H groups in total. The molecule has 0 aromatic rings. The van der Waals surface area contributed by atoms with Crippen molar-refractivity contribution in [3.05, 3.63) is 24.8 Å². The van der Waals surface area contributed by atoms with Crippen LogP contribution >= 0.6 is 0 Å². The molecule has 9 heavy (non-hydrogen) atoms. The summed E-state index contributed by atoms with van der Waals surface area (Å²) in [5, 5.41) is 7.80. The van der Waals surface area contributed by atoms with E-state index in [0.29, 0.717) is 5.41 Å². The van der Waals surface area contributed by atoms with Crippen molar-refractivity contribution in [2.24, 2.45) is 0 Å². The van der Waals surface area contributed by atoms with Crippen molar-refractivity contribution in [2.75, 3.05) is 0 Å². The van der Waals surface area contributed by atoms with Gasteiger partial charge in [-0.15, -0.1) is 0 Å². The summed E-state index contributed by atoms with van der Waals surface area (Å²) in [6.07, 6.45) is 0.750. The topological polar surface area (TPSA) is 74.6 Å². The molecule has 0 aromatic heterocycles. The van der Waals surface area contributed by atoms with E-state index in [0.717, 1.165) is 6.26 Å². The first-order valence-corrected chi connectivity index (χ1v) is 3.33. The number of aliphatic hydroxyl groups is 1. The number of hydrogen-bond donors (Lipinski definition) is 2. The quantitative estimate of drug-likeness (QED) is 0.428. The van der Waals surface area contributed by atoms with Gasteiger partial charge in [0.2, 0.25) is 0 Å². The second-order valence-electron chi connectivity index (χ2n) is 0.864. The highest BCUT2D eigenvalue weighted by Gasteiger charge is 1.87. The van der Waals surface area contributed by atoms with Crippen LogP contribution < -0.4 is 0 Å². The summed E-state index contributed by atoms with van der Waals surface area (Å²) in [5.74, 6) is 0. The highest BCUT2D eigenvalue weighted by Crippen LogP contribution is 1.75. The van der Waals surface area contributed by atoms with Crippen molar-refractivity contribution in [1.82, 2.24) is 0 Å². The Kier molecular flexibility index (Phi) is 6.54. The van der Waals surface area contributed by atoms with Crippen LogP contribution in [0.4, 0.5) is 0 Å². The van der Waals surface area contributed by atoms with Crippen molar-refractivity contribution >= 4 is 10.1 Å². The standard InChI is InChI=1S/C2H4O3S.C2H4O/c1-2-6(3,4)5;1-2-3/h2H,1H2,(H,3,4,5);2-3H,1H2. The maximum atomic E-state index is 9.44. The molecule has 0 rings (SSSR count). The summed E-state index contributed by atoms with van der Waals surface area (Å²) in [4.78, 5) is 0. The van der Waals surface area contributed by atoms with E-state index >= 15 is 0 Å². The number of rotatable bonds is 1. The van der Waals surface area contributed by atoms with E-state index in [2.05, 4.69) is 13.2 Å². The summed E-state index contributed by atoms with van der Waals surface area (Å²) in [7, 11) is -3.90. The van der Waals surface area contributed by atoms with Gasteiger partial charge in [0.1, 0.15) is 0 Å². The minimum Gasteiger partial charge on any atom is -0.516 e. The van der Waals surface area contributed by atoms with Crippen LogP contribution in [0.3, 0.4) is 0 Å². The van der Waals surface area contributed by atoms with Crippen LogP contribution in [0.1, 0.15) is 0 Å². The highest BCUT2D eigenvalue weighted by atomic mass is 32.2. The molecule has 0 aliphatic carbocycles. The molecule has 0 bridgehead atoms. The molecule has 0 saturated carbocycles. The fourth-order valence-corrected chi connectivity index (χ4v) is 0. The summed E-state index contributed by atoms with van der Waals surface area (Å²) >= 11 is 0.